The van der Waals surface area contributed by atoms with Gasteiger partial charge in [-0.1, -0.05) is 12.0 Å². The summed E-state index contributed by atoms with van der Waals surface area (Å²) in [4.78, 5) is 13.6. The number of nitrogens with one attached hydrogen (secondary N) is 3. The Morgan fingerprint density at radius 2 is 2.05 bits per heavy atom. The fourth-order valence-corrected chi connectivity index (χ4v) is 5.00. The molecule has 1 aliphatic rings. The fourth-order valence-electron chi connectivity index (χ4n) is 4.32. The van der Waals surface area contributed by atoms with E-state index in [2.05, 4.69) is 27.8 Å². The quantitative estimate of drug-likeness (QED) is 0.203. The summed E-state index contributed by atoms with van der Waals surface area (Å²) in [5, 5.41) is 8.94. The number of fused-ring (bicyclic) bond motifs is 1. The van der Waals surface area contributed by atoms with Crippen LogP contribution in [-0.4, -0.2) is 69.4 Å². The molecule has 0 radical (unpaired) electrons. The molecule has 39 heavy (non-hydrogen) atoms. The lowest BCUT2D eigenvalue weighted by Gasteiger charge is -2.33. The van der Waals surface area contributed by atoms with Crippen molar-refractivity contribution in [1.29, 1.82) is 0 Å². The number of para-hydroxylation sites is 1. The van der Waals surface area contributed by atoms with Gasteiger partial charge in [-0.05, 0) is 61.5 Å². The van der Waals surface area contributed by atoms with Gasteiger partial charge < -0.3 is 30.0 Å². The minimum absolute atomic E-state index is 0.0626. The zero-order chi connectivity index (χ0) is 28.2. The largest absolute Gasteiger partial charge is 0.495 e. The fraction of sp³-hybridized carbons (Fsp3) is 0.370. The molecule has 0 spiro atoms. The second-order valence-corrected chi connectivity index (χ2v) is 10.0. The highest BCUT2D eigenvalue weighted by molar-refractivity contribution is 8.00. The van der Waals surface area contributed by atoms with Crippen molar-refractivity contribution >= 4 is 40.0 Å². The lowest BCUT2D eigenvalue weighted by Crippen LogP contribution is -2.46. The first-order valence-electron chi connectivity index (χ1n) is 12.1. The van der Waals surface area contributed by atoms with Gasteiger partial charge in [-0.25, -0.2) is 4.39 Å². The van der Waals surface area contributed by atoms with E-state index in [0.717, 1.165) is 0 Å². The van der Waals surface area contributed by atoms with Crippen LogP contribution in [0.25, 0.3) is 11.0 Å². The SMILES string of the molecule is CNC(=O)c1ccc(NCC#Cc2oc3c(N[C@@H]4CCN(C)C[C@@H]4F)cccc3c2SC(F)(F)F)c(OC)c1. The number of nitrogens with zero attached hydrogens (tertiary/aromatic N) is 1. The molecule has 2 heterocycles. The van der Waals surface area contributed by atoms with Crippen LogP contribution in [0.2, 0.25) is 0 Å². The molecule has 1 aliphatic heterocycles. The molecule has 3 aromatic rings. The van der Waals surface area contributed by atoms with Crippen molar-refractivity contribution in [3.05, 3.63) is 47.7 Å². The molecule has 2 atom stereocenters. The van der Waals surface area contributed by atoms with Crippen molar-refractivity contribution in [3.8, 4) is 17.6 Å². The van der Waals surface area contributed by atoms with Gasteiger partial charge in [0, 0.05) is 31.1 Å². The number of ether oxygens (including phenoxy) is 1. The Balaban J connectivity index is 1.59. The highest BCUT2D eigenvalue weighted by Crippen LogP contribution is 2.45. The van der Waals surface area contributed by atoms with E-state index in [1.54, 1.807) is 30.3 Å². The summed E-state index contributed by atoms with van der Waals surface area (Å²) >= 11 is -0.297. The first-order chi connectivity index (χ1) is 18.6. The van der Waals surface area contributed by atoms with E-state index in [0.29, 0.717) is 35.7 Å². The molecule has 3 N–H and O–H groups in total. The number of piperidine rings is 1. The maximum Gasteiger partial charge on any atom is 0.446 e. The van der Waals surface area contributed by atoms with E-state index in [9.17, 15) is 22.4 Å². The van der Waals surface area contributed by atoms with Gasteiger partial charge in [0.2, 0.25) is 0 Å². The summed E-state index contributed by atoms with van der Waals surface area (Å²) in [6.45, 7) is 1.03. The third-order valence-electron chi connectivity index (χ3n) is 6.23. The van der Waals surface area contributed by atoms with Gasteiger partial charge in [0.15, 0.2) is 11.3 Å². The van der Waals surface area contributed by atoms with Crippen LogP contribution < -0.4 is 20.7 Å². The predicted molar refractivity (Wildman–Crippen MR) is 144 cm³/mol. The zero-order valence-electron chi connectivity index (χ0n) is 21.5. The minimum Gasteiger partial charge on any atom is -0.495 e. The zero-order valence-corrected chi connectivity index (χ0v) is 22.4. The molecule has 4 rings (SSSR count). The summed E-state index contributed by atoms with van der Waals surface area (Å²) in [6.07, 6.45) is -0.587. The Morgan fingerprint density at radius 3 is 2.74 bits per heavy atom. The van der Waals surface area contributed by atoms with Crippen molar-refractivity contribution in [3.63, 3.8) is 0 Å². The lowest BCUT2D eigenvalue weighted by atomic mass is 10.0. The Labute approximate surface area is 227 Å². The van der Waals surface area contributed by atoms with Gasteiger partial charge in [-0.15, -0.1) is 0 Å². The van der Waals surface area contributed by atoms with Crippen LogP contribution in [-0.2, 0) is 0 Å². The second-order valence-electron chi connectivity index (χ2n) is 8.96. The van der Waals surface area contributed by atoms with Crippen LogP contribution in [0, 0.1) is 11.8 Å². The van der Waals surface area contributed by atoms with E-state index >= 15 is 0 Å². The molecule has 1 aromatic heterocycles. The van der Waals surface area contributed by atoms with Gasteiger partial charge in [-0.3, -0.25) is 4.79 Å². The molecular weight excluding hydrogens is 536 g/mol. The van der Waals surface area contributed by atoms with E-state index in [1.807, 2.05) is 11.9 Å². The molecule has 1 fully saturated rings. The summed E-state index contributed by atoms with van der Waals surface area (Å²) in [7, 11) is 4.81. The van der Waals surface area contributed by atoms with Crippen LogP contribution in [0.3, 0.4) is 0 Å². The van der Waals surface area contributed by atoms with Gasteiger partial charge in [0.05, 0.1) is 36.0 Å². The number of carbonyl (C=O) groups is 1. The highest BCUT2D eigenvalue weighted by Gasteiger charge is 2.34. The number of benzene rings is 2. The van der Waals surface area contributed by atoms with Gasteiger partial charge in [-0.2, -0.15) is 13.2 Å². The average molecular weight is 565 g/mol. The van der Waals surface area contributed by atoms with Crippen molar-refractivity contribution in [2.75, 3.05) is 51.5 Å². The summed E-state index contributed by atoms with van der Waals surface area (Å²) < 4.78 is 66.1. The van der Waals surface area contributed by atoms with Crippen LogP contribution in [0.4, 0.5) is 28.9 Å². The summed E-state index contributed by atoms with van der Waals surface area (Å²) in [5.74, 6) is 5.50. The van der Waals surface area contributed by atoms with Crippen LogP contribution in [0.15, 0.2) is 45.7 Å². The van der Waals surface area contributed by atoms with Crippen molar-refractivity contribution < 1.29 is 31.5 Å². The molecule has 1 saturated heterocycles. The van der Waals surface area contributed by atoms with Crippen LogP contribution in [0.5, 0.6) is 5.75 Å². The average Bonchev–Trinajstić information content (AvgIpc) is 3.24. The summed E-state index contributed by atoms with van der Waals surface area (Å²) in [6, 6.07) is 9.13. The van der Waals surface area contributed by atoms with E-state index < -0.39 is 17.7 Å². The predicted octanol–water partition coefficient (Wildman–Crippen LogP) is 5.33. The molecule has 2 aromatic carbocycles. The molecular formula is C27H28F4N4O3S. The second kappa shape index (κ2) is 12.1. The number of methoxy groups -OCH3 is 1. The lowest BCUT2D eigenvalue weighted by molar-refractivity contribution is -0.0328. The number of likely N-dealkylation sites (tertiary alicyclic amines) is 1. The molecule has 0 bridgehead atoms. The third kappa shape index (κ3) is 6.91. The smallest absolute Gasteiger partial charge is 0.446 e. The Hall–Kier alpha value is -3.56. The van der Waals surface area contributed by atoms with E-state index in [4.69, 9.17) is 9.15 Å². The number of alkyl halides is 4. The van der Waals surface area contributed by atoms with Gasteiger partial charge in [0.1, 0.15) is 11.9 Å². The van der Waals surface area contributed by atoms with E-state index in [-0.39, 0.29) is 52.4 Å². The number of thioether (sulfide) groups is 1. The molecule has 208 valence electrons. The number of hydrogen-bond donors (Lipinski definition) is 3. The highest BCUT2D eigenvalue weighted by atomic mass is 32.2. The number of anilines is 2. The Bertz CT molecular complexity index is 1400. The molecule has 0 unspecified atom stereocenters. The summed E-state index contributed by atoms with van der Waals surface area (Å²) in [5.41, 5.74) is -2.99. The van der Waals surface area contributed by atoms with Gasteiger partial charge in [0.25, 0.3) is 5.91 Å². The maximum atomic E-state index is 14.6. The molecule has 0 saturated carbocycles. The number of rotatable bonds is 7. The Morgan fingerprint density at radius 1 is 1.26 bits per heavy atom. The van der Waals surface area contributed by atoms with Crippen molar-refractivity contribution in [2.45, 2.75) is 29.0 Å². The van der Waals surface area contributed by atoms with Crippen LogP contribution in [0.1, 0.15) is 22.5 Å². The van der Waals surface area contributed by atoms with Crippen molar-refractivity contribution in [1.82, 2.24) is 10.2 Å². The molecule has 0 aliphatic carbocycles. The third-order valence-corrected chi connectivity index (χ3v) is 7.07. The van der Waals surface area contributed by atoms with Crippen LogP contribution >= 0.6 is 11.8 Å². The topological polar surface area (TPSA) is 78.8 Å². The first-order valence-corrected chi connectivity index (χ1v) is 12.9. The monoisotopic (exact) mass is 564 g/mol. The minimum atomic E-state index is -4.56. The molecule has 12 heteroatoms. The number of carbonyl (C=O) groups excluding carboxylic acids is 1. The first kappa shape index (κ1) is 28.4. The number of furan rings is 1. The Kier molecular flexibility index (Phi) is 8.82. The van der Waals surface area contributed by atoms with Gasteiger partial charge >= 0.3 is 5.51 Å². The standard InChI is InChI=1S/C27H28F4N4O3S/c1-32-26(36)16-9-10-20(23(14-16)37-3)33-12-5-8-22-25(39-27(29,30)31)17-6-4-7-21(24(17)38-22)34-19-11-13-35(2)15-18(19)28/h4,6-7,9-10,14,18-19,33-34H,11-13,15H2,1-3H3,(H,32,36)/t18-,19+/m0/s1. The molecule has 7 nitrogen and oxygen atoms in total. The normalized spacial score (nSPS) is 17.8. The number of hydrogen-bond acceptors (Lipinski definition) is 7. The van der Waals surface area contributed by atoms with E-state index in [1.165, 1.54) is 20.2 Å². The van der Waals surface area contributed by atoms with Crippen molar-refractivity contribution in [2.24, 2.45) is 0 Å². The number of amides is 1. The molecule has 1 amide bonds. The number of halogens is 4. The maximum absolute atomic E-state index is 14.6.